The molecule has 0 N–H and O–H groups in total. The molecule has 24 heavy (non-hydrogen) atoms. The van der Waals surface area contributed by atoms with Crippen LogP contribution in [0.2, 0.25) is 0 Å². The quantitative estimate of drug-likeness (QED) is 0.614. The van der Waals surface area contributed by atoms with Gasteiger partial charge in [-0.2, -0.15) is 0 Å². The number of hydrogen-bond acceptors (Lipinski definition) is 7. The Morgan fingerprint density at radius 1 is 0.750 bits per heavy atom. The molecule has 128 valence electrons. The molecule has 0 aliphatic carbocycles. The summed E-state index contributed by atoms with van der Waals surface area (Å²) in [5.74, 6) is -0.0804. The second-order valence-electron chi connectivity index (χ2n) is 4.79. The highest BCUT2D eigenvalue weighted by Crippen LogP contribution is 2.53. The third kappa shape index (κ3) is 3.05. The lowest BCUT2D eigenvalue weighted by atomic mass is 10.1. The number of rotatable bonds is 5. The van der Waals surface area contributed by atoms with Crippen LogP contribution in [-0.2, 0) is 9.59 Å². The summed E-state index contributed by atoms with van der Waals surface area (Å²) < 4.78 is 26.7. The van der Waals surface area contributed by atoms with Gasteiger partial charge >= 0.3 is 11.9 Å². The Morgan fingerprint density at radius 2 is 1.29 bits per heavy atom. The molecule has 0 atom stereocenters. The van der Waals surface area contributed by atoms with Gasteiger partial charge < -0.3 is 23.7 Å². The van der Waals surface area contributed by atoms with Gasteiger partial charge in [0.15, 0.2) is 11.5 Å². The minimum absolute atomic E-state index is 0.126. The SMILES string of the molecule is COc1c(OC)c(OC(C)=O)c2c(OC)cccc2c1OC(C)=O. The molecule has 2 aromatic carbocycles. The van der Waals surface area contributed by atoms with Crippen LogP contribution < -0.4 is 23.7 Å². The van der Waals surface area contributed by atoms with E-state index >= 15 is 0 Å². The standard InChI is InChI=1S/C17H18O7/c1-9(18)23-14-11-7-6-8-12(20-3)13(11)15(24-10(2)19)17(22-5)16(14)21-4/h6-8H,1-5H3. The van der Waals surface area contributed by atoms with Crippen molar-refractivity contribution in [1.82, 2.24) is 0 Å². The van der Waals surface area contributed by atoms with E-state index in [1.54, 1.807) is 18.2 Å². The van der Waals surface area contributed by atoms with Gasteiger partial charge in [-0.15, -0.1) is 0 Å². The number of esters is 2. The van der Waals surface area contributed by atoms with Crippen LogP contribution in [0.25, 0.3) is 10.8 Å². The summed E-state index contributed by atoms with van der Waals surface area (Å²) in [5, 5.41) is 0.919. The van der Waals surface area contributed by atoms with Gasteiger partial charge in [-0.25, -0.2) is 0 Å². The van der Waals surface area contributed by atoms with E-state index in [1.807, 2.05) is 0 Å². The smallest absolute Gasteiger partial charge is 0.308 e. The molecule has 0 aromatic heterocycles. The zero-order valence-electron chi connectivity index (χ0n) is 14.1. The van der Waals surface area contributed by atoms with Crippen LogP contribution in [0.3, 0.4) is 0 Å². The Bertz CT molecular complexity index is 795. The number of carbonyl (C=O) groups is 2. The van der Waals surface area contributed by atoms with E-state index in [1.165, 1.54) is 35.2 Å². The van der Waals surface area contributed by atoms with E-state index < -0.39 is 11.9 Å². The average Bonchev–Trinajstić information content (AvgIpc) is 2.54. The van der Waals surface area contributed by atoms with Crippen molar-refractivity contribution in [1.29, 1.82) is 0 Å². The molecule has 0 fully saturated rings. The van der Waals surface area contributed by atoms with Gasteiger partial charge in [0.25, 0.3) is 0 Å². The van der Waals surface area contributed by atoms with Crippen LogP contribution in [0.5, 0.6) is 28.7 Å². The van der Waals surface area contributed by atoms with Gasteiger partial charge in [0, 0.05) is 19.2 Å². The van der Waals surface area contributed by atoms with Crippen LogP contribution in [0.1, 0.15) is 13.8 Å². The Balaban J connectivity index is 3.00. The number of hydrogen-bond donors (Lipinski definition) is 0. The van der Waals surface area contributed by atoms with Gasteiger partial charge in [-0.05, 0) is 6.07 Å². The third-order valence-electron chi connectivity index (χ3n) is 3.24. The minimum atomic E-state index is -0.539. The molecule has 7 nitrogen and oxygen atoms in total. The first-order chi connectivity index (χ1) is 11.4. The number of ether oxygens (including phenoxy) is 5. The van der Waals surface area contributed by atoms with Gasteiger partial charge in [-0.1, -0.05) is 12.1 Å². The Morgan fingerprint density at radius 3 is 1.79 bits per heavy atom. The van der Waals surface area contributed by atoms with Crippen LogP contribution in [0.15, 0.2) is 18.2 Å². The Hall–Kier alpha value is -2.96. The topological polar surface area (TPSA) is 80.3 Å². The summed E-state index contributed by atoms with van der Waals surface area (Å²) in [6, 6.07) is 5.11. The molecule has 2 rings (SSSR count). The van der Waals surface area contributed by atoms with Gasteiger partial charge in [0.05, 0.1) is 26.7 Å². The fraction of sp³-hybridized carbons (Fsp3) is 0.294. The molecular weight excluding hydrogens is 316 g/mol. The van der Waals surface area contributed by atoms with E-state index in [0.29, 0.717) is 16.5 Å². The fourth-order valence-corrected chi connectivity index (χ4v) is 2.42. The number of benzene rings is 2. The van der Waals surface area contributed by atoms with Crippen LogP contribution >= 0.6 is 0 Å². The molecule has 0 spiro atoms. The maximum absolute atomic E-state index is 11.5. The van der Waals surface area contributed by atoms with Crippen LogP contribution in [0, 0.1) is 0 Å². The average molecular weight is 334 g/mol. The highest BCUT2D eigenvalue weighted by molar-refractivity contribution is 6.04. The summed E-state index contributed by atoms with van der Waals surface area (Å²) in [7, 11) is 4.27. The van der Waals surface area contributed by atoms with E-state index in [4.69, 9.17) is 23.7 Å². The summed E-state index contributed by atoms with van der Waals surface area (Å²) in [6.45, 7) is 2.55. The predicted molar refractivity (Wildman–Crippen MR) is 86.2 cm³/mol. The maximum atomic E-state index is 11.5. The normalized spacial score (nSPS) is 10.2. The lowest BCUT2D eigenvalue weighted by molar-refractivity contribution is -0.133. The van der Waals surface area contributed by atoms with Gasteiger partial charge in [-0.3, -0.25) is 9.59 Å². The van der Waals surface area contributed by atoms with Crippen molar-refractivity contribution in [3.05, 3.63) is 18.2 Å². The number of methoxy groups -OCH3 is 3. The van der Waals surface area contributed by atoms with Crippen molar-refractivity contribution < 1.29 is 33.3 Å². The molecule has 7 heteroatoms. The molecular formula is C17H18O7. The first-order valence-corrected chi connectivity index (χ1v) is 7.06. The molecule has 0 saturated carbocycles. The fourth-order valence-electron chi connectivity index (χ4n) is 2.42. The largest absolute Gasteiger partial charge is 0.496 e. The lowest BCUT2D eigenvalue weighted by Gasteiger charge is -2.20. The summed E-state index contributed by atoms with van der Waals surface area (Å²) >= 11 is 0. The monoisotopic (exact) mass is 334 g/mol. The van der Waals surface area contributed by atoms with Crippen molar-refractivity contribution >= 4 is 22.7 Å². The first-order valence-electron chi connectivity index (χ1n) is 7.06. The van der Waals surface area contributed by atoms with Crippen molar-refractivity contribution in [2.75, 3.05) is 21.3 Å². The Kier molecular flexibility index (Phi) is 5.13. The maximum Gasteiger partial charge on any atom is 0.308 e. The zero-order valence-corrected chi connectivity index (χ0v) is 14.1. The van der Waals surface area contributed by atoms with Crippen molar-refractivity contribution in [2.45, 2.75) is 13.8 Å². The minimum Gasteiger partial charge on any atom is -0.496 e. The molecule has 0 aliphatic rings. The molecule has 0 bridgehead atoms. The van der Waals surface area contributed by atoms with E-state index in [0.717, 1.165) is 0 Å². The molecule has 0 amide bonds. The van der Waals surface area contributed by atoms with Crippen LogP contribution in [-0.4, -0.2) is 33.3 Å². The summed E-state index contributed by atoms with van der Waals surface area (Å²) in [6.07, 6.45) is 0. The van der Waals surface area contributed by atoms with Crippen molar-refractivity contribution in [3.63, 3.8) is 0 Å². The van der Waals surface area contributed by atoms with Crippen molar-refractivity contribution in [2.24, 2.45) is 0 Å². The summed E-state index contributed by atoms with van der Waals surface area (Å²) in [4.78, 5) is 23.0. The molecule has 2 aromatic rings. The summed E-state index contributed by atoms with van der Waals surface area (Å²) in [5.41, 5.74) is 0. The zero-order chi connectivity index (χ0) is 17.9. The Labute approximate surface area is 139 Å². The molecule has 0 saturated heterocycles. The lowest BCUT2D eigenvalue weighted by Crippen LogP contribution is -2.08. The highest BCUT2D eigenvalue weighted by Gasteiger charge is 2.27. The number of fused-ring (bicyclic) bond motifs is 1. The second kappa shape index (κ2) is 7.08. The third-order valence-corrected chi connectivity index (χ3v) is 3.24. The van der Waals surface area contributed by atoms with Crippen molar-refractivity contribution in [3.8, 4) is 28.7 Å². The highest BCUT2D eigenvalue weighted by atomic mass is 16.6. The second-order valence-corrected chi connectivity index (χ2v) is 4.79. The van der Waals surface area contributed by atoms with Gasteiger partial charge in [0.2, 0.25) is 11.5 Å². The predicted octanol–water partition coefficient (Wildman–Crippen LogP) is 2.72. The van der Waals surface area contributed by atoms with E-state index in [9.17, 15) is 9.59 Å². The van der Waals surface area contributed by atoms with Crippen LogP contribution in [0.4, 0.5) is 0 Å². The number of carbonyl (C=O) groups excluding carboxylic acids is 2. The molecule has 0 unspecified atom stereocenters. The van der Waals surface area contributed by atoms with E-state index in [2.05, 4.69) is 0 Å². The first kappa shape index (κ1) is 17.4. The molecule has 0 radical (unpaired) electrons. The molecule has 0 aliphatic heterocycles. The van der Waals surface area contributed by atoms with Gasteiger partial charge in [0.1, 0.15) is 5.75 Å². The van der Waals surface area contributed by atoms with E-state index in [-0.39, 0.29) is 23.0 Å². The molecule has 0 heterocycles.